The first-order valence-electron chi connectivity index (χ1n) is 8.40. The Labute approximate surface area is 158 Å². The summed E-state index contributed by atoms with van der Waals surface area (Å²) >= 11 is 6.03. The molecule has 6 nitrogen and oxygen atoms in total. The summed E-state index contributed by atoms with van der Waals surface area (Å²) in [6.07, 6.45) is 4.37. The molecular formula is C18H20ClN3O3S. The van der Waals surface area contributed by atoms with Crippen LogP contribution in [0.2, 0.25) is 5.02 Å². The molecule has 26 heavy (non-hydrogen) atoms. The highest BCUT2D eigenvalue weighted by atomic mass is 35.5. The van der Waals surface area contributed by atoms with Crippen LogP contribution in [0.4, 0.5) is 0 Å². The molecule has 0 aliphatic carbocycles. The van der Waals surface area contributed by atoms with E-state index in [-0.39, 0.29) is 21.7 Å². The smallest absolute Gasteiger partial charge is 0.244 e. The monoisotopic (exact) mass is 393 g/mol. The molecule has 1 N–H and O–H groups in total. The van der Waals surface area contributed by atoms with Crippen molar-refractivity contribution >= 4 is 27.5 Å². The van der Waals surface area contributed by atoms with Gasteiger partial charge in [0.15, 0.2) is 0 Å². The molecule has 1 fully saturated rings. The molecule has 0 atom stereocenters. The summed E-state index contributed by atoms with van der Waals surface area (Å²) in [5.74, 6) is -0.243. The van der Waals surface area contributed by atoms with E-state index in [4.69, 9.17) is 11.6 Å². The van der Waals surface area contributed by atoms with Crippen LogP contribution in [0.25, 0.3) is 0 Å². The molecule has 1 aliphatic heterocycles. The predicted octanol–water partition coefficient (Wildman–Crippen LogP) is 2.45. The van der Waals surface area contributed by atoms with E-state index in [1.54, 1.807) is 30.6 Å². The number of carbonyl (C=O) groups is 1. The summed E-state index contributed by atoms with van der Waals surface area (Å²) in [6.45, 7) is 1.03. The fraction of sp³-hybridized carbons (Fsp3) is 0.333. The fourth-order valence-electron chi connectivity index (χ4n) is 2.99. The number of rotatable bonds is 5. The first-order valence-corrected chi connectivity index (χ1v) is 10.2. The molecule has 1 aliphatic rings. The average molecular weight is 394 g/mol. The molecule has 1 saturated heterocycles. The van der Waals surface area contributed by atoms with Gasteiger partial charge in [0.05, 0.1) is 5.02 Å². The van der Waals surface area contributed by atoms with Gasteiger partial charge in [0.1, 0.15) is 4.90 Å². The SMILES string of the molecule is O=C(NCc1cccnc1)C1CCN(S(=O)(=O)c2ccccc2Cl)CC1. The number of piperidine rings is 1. The lowest BCUT2D eigenvalue weighted by Gasteiger charge is -2.30. The molecule has 1 amide bonds. The first-order chi connectivity index (χ1) is 12.5. The standard InChI is InChI=1S/C18H20ClN3O3S/c19-16-5-1-2-6-17(16)26(24,25)22-10-7-15(8-11-22)18(23)21-13-14-4-3-9-20-12-14/h1-6,9,12,15H,7-8,10-11,13H2,(H,21,23). The van der Waals surface area contributed by atoms with Crippen LogP contribution in [0.3, 0.4) is 0 Å². The highest BCUT2D eigenvalue weighted by Gasteiger charge is 2.32. The topological polar surface area (TPSA) is 79.4 Å². The van der Waals surface area contributed by atoms with Gasteiger partial charge in [-0.05, 0) is 36.6 Å². The van der Waals surface area contributed by atoms with Gasteiger partial charge in [-0.1, -0.05) is 29.8 Å². The third-order valence-corrected chi connectivity index (χ3v) is 6.87. The Hall–Kier alpha value is -1.96. The Morgan fingerprint density at radius 1 is 1.19 bits per heavy atom. The van der Waals surface area contributed by atoms with Crippen molar-refractivity contribution in [3.05, 3.63) is 59.4 Å². The van der Waals surface area contributed by atoms with Crippen LogP contribution in [0.15, 0.2) is 53.7 Å². The van der Waals surface area contributed by atoms with Crippen molar-refractivity contribution in [3.8, 4) is 0 Å². The number of carbonyl (C=O) groups excluding carboxylic acids is 1. The van der Waals surface area contributed by atoms with Crippen LogP contribution in [0, 0.1) is 5.92 Å². The predicted molar refractivity (Wildman–Crippen MR) is 99.0 cm³/mol. The Morgan fingerprint density at radius 2 is 1.92 bits per heavy atom. The summed E-state index contributed by atoms with van der Waals surface area (Å²) in [6, 6.07) is 10.1. The van der Waals surface area contributed by atoms with E-state index in [1.807, 2.05) is 12.1 Å². The van der Waals surface area contributed by atoms with Crippen molar-refractivity contribution in [1.82, 2.24) is 14.6 Å². The molecule has 1 aromatic heterocycles. The van der Waals surface area contributed by atoms with Gasteiger partial charge in [-0.3, -0.25) is 9.78 Å². The molecule has 2 heterocycles. The zero-order valence-corrected chi connectivity index (χ0v) is 15.7. The number of amides is 1. The van der Waals surface area contributed by atoms with E-state index in [2.05, 4.69) is 10.3 Å². The molecule has 0 spiro atoms. The molecule has 1 aromatic carbocycles. The van der Waals surface area contributed by atoms with E-state index in [0.29, 0.717) is 32.5 Å². The van der Waals surface area contributed by atoms with E-state index in [1.165, 1.54) is 10.4 Å². The molecule has 8 heteroatoms. The van der Waals surface area contributed by atoms with Crippen LogP contribution in [0.5, 0.6) is 0 Å². The van der Waals surface area contributed by atoms with E-state index >= 15 is 0 Å². The molecular weight excluding hydrogens is 374 g/mol. The van der Waals surface area contributed by atoms with Crippen molar-refractivity contribution in [2.45, 2.75) is 24.3 Å². The van der Waals surface area contributed by atoms with Crippen molar-refractivity contribution in [2.75, 3.05) is 13.1 Å². The van der Waals surface area contributed by atoms with Gasteiger partial charge >= 0.3 is 0 Å². The zero-order valence-electron chi connectivity index (χ0n) is 14.1. The molecule has 0 unspecified atom stereocenters. The minimum absolute atomic E-state index is 0.0522. The second-order valence-electron chi connectivity index (χ2n) is 6.19. The van der Waals surface area contributed by atoms with Gasteiger partial charge in [-0.25, -0.2) is 8.42 Å². The van der Waals surface area contributed by atoms with Crippen molar-refractivity contribution < 1.29 is 13.2 Å². The van der Waals surface area contributed by atoms with Crippen LogP contribution in [-0.4, -0.2) is 36.7 Å². The number of halogens is 1. The first kappa shape index (κ1) is 18.8. The van der Waals surface area contributed by atoms with Gasteiger partial charge in [-0.2, -0.15) is 4.31 Å². The van der Waals surface area contributed by atoms with Crippen LogP contribution in [0.1, 0.15) is 18.4 Å². The number of aromatic nitrogens is 1. The lowest BCUT2D eigenvalue weighted by atomic mass is 9.97. The molecule has 0 radical (unpaired) electrons. The summed E-state index contributed by atoms with van der Waals surface area (Å²) in [4.78, 5) is 16.5. The maximum absolute atomic E-state index is 12.7. The second kappa shape index (κ2) is 8.16. The molecule has 0 bridgehead atoms. The quantitative estimate of drug-likeness (QED) is 0.846. The van der Waals surface area contributed by atoms with Crippen LogP contribution >= 0.6 is 11.6 Å². The van der Waals surface area contributed by atoms with E-state index < -0.39 is 10.0 Å². The van der Waals surface area contributed by atoms with E-state index in [0.717, 1.165) is 5.56 Å². The number of hydrogen-bond acceptors (Lipinski definition) is 4. The van der Waals surface area contributed by atoms with Crippen LogP contribution < -0.4 is 5.32 Å². The third-order valence-electron chi connectivity index (χ3n) is 4.47. The molecule has 0 saturated carbocycles. The Bertz CT molecular complexity index is 866. The fourth-order valence-corrected chi connectivity index (χ4v) is 4.95. The van der Waals surface area contributed by atoms with Crippen molar-refractivity contribution in [3.63, 3.8) is 0 Å². The number of benzene rings is 1. The highest BCUT2D eigenvalue weighted by Crippen LogP contribution is 2.28. The van der Waals surface area contributed by atoms with E-state index in [9.17, 15) is 13.2 Å². The van der Waals surface area contributed by atoms with Gasteiger partial charge in [0.25, 0.3) is 0 Å². The Balaban J connectivity index is 1.57. The molecule has 138 valence electrons. The highest BCUT2D eigenvalue weighted by molar-refractivity contribution is 7.89. The Kier molecular flexibility index (Phi) is 5.90. The minimum Gasteiger partial charge on any atom is -0.352 e. The number of nitrogens with zero attached hydrogens (tertiary/aromatic N) is 2. The average Bonchev–Trinajstić information content (AvgIpc) is 2.67. The van der Waals surface area contributed by atoms with Gasteiger partial charge in [0.2, 0.25) is 15.9 Å². The minimum atomic E-state index is -3.64. The summed E-state index contributed by atoms with van der Waals surface area (Å²) in [5.41, 5.74) is 0.930. The lowest BCUT2D eigenvalue weighted by molar-refractivity contribution is -0.126. The zero-order chi connectivity index (χ0) is 18.6. The van der Waals surface area contributed by atoms with Gasteiger partial charge in [0, 0.05) is 37.9 Å². The summed E-state index contributed by atoms with van der Waals surface area (Å²) in [5, 5.41) is 3.11. The second-order valence-corrected chi connectivity index (χ2v) is 8.50. The summed E-state index contributed by atoms with van der Waals surface area (Å²) in [7, 11) is -3.64. The molecule has 3 rings (SSSR count). The number of pyridine rings is 1. The normalized spacial score (nSPS) is 16.3. The van der Waals surface area contributed by atoms with Crippen molar-refractivity contribution in [2.24, 2.45) is 5.92 Å². The van der Waals surface area contributed by atoms with Crippen molar-refractivity contribution in [1.29, 1.82) is 0 Å². The Morgan fingerprint density at radius 3 is 2.58 bits per heavy atom. The molecule has 2 aromatic rings. The van der Waals surface area contributed by atoms with Gasteiger partial charge in [-0.15, -0.1) is 0 Å². The third kappa shape index (κ3) is 4.23. The van der Waals surface area contributed by atoms with Crippen LogP contribution in [-0.2, 0) is 21.4 Å². The maximum Gasteiger partial charge on any atom is 0.244 e. The maximum atomic E-state index is 12.7. The lowest BCUT2D eigenvalue weighted by Crippen LogP contribution is -2.42. The van der Waals surface area contributed by atoms with Gasteiger partial charge < -0.3 is 5.32 Å². The largest absolute Gasteiger partial charge is 0.352 e. The number of nitrogens with one attached hydrogen (secondary N) is 1. The number of sulfonamides is 1. The summed E-state index contributed by atoms with van der Waals surface area (Å²) < 4.78 is 26.9. The number of hydrogen-bond donors (Lipinski definition) is 1.